The van der Waals surface area contributed by atoms with Crippen LogP contribution in [0.15, 0.2) is 6.20 Å². The first-order valence-corrected chi connectivity index (χ1v) is 6.75. The van der Waals surface area contributed by atoms with Gasteiger partial charge in [0.25, 0.3) is 0 Å². The van der Waals surface area contributed by atoms with Crippen molar-refractivity contribution < 1.29 is 9.66 Å². The maximum Gasteiger partial charge on any atom is 0.342 e. The lowest BCUT2D eigenvalue weighted by Crippen LogP contribution is -2.50. The molecule has 8 nitrogen and oxygen atoms in total. The van der Waals surface area contributed by atoms with Gasteiger partial charge in [-0.05, 0) is 11.8 Å². The Hall–Kier alpha value is -1.51. The van der Waals surface area contributed by atoms with E-state index in [1.165, 1.54) is 6.20 Å². The zero-order valence-corrected chi connectivity index (χ0v) is 11.9. The number of morpholine rings is 1. The average Bonchev–Trinajstić information content (AvgIpc) is 2.78. The number of hydrogen-bond acceptors (Lipinski definition) is 6. The first-order chi connectivity index (χ1) is 9.49. The van der Waals surface area contributed by atoms with Crippen molar-refractivity contribution in [3.8, 4) is 0 Å². The molecule has 0 amide bonds. The molecule has 2 rings (SSSR count). The number of hydrogen-bond donors (Lipinski definition) is 1. The first-order valence-electron chi connectivity index (χ1n) is 6.75. The highest BCUT2D eigenvalue weighted by molar-refractivity contribution is 5.18. The van der Waals surface area contributed by atoms with Crippen molar-refractivity contribution in [2.45, 2.75) is 32.5 Å². The molecule has 0 bridgehead atoms. The lowest BCUT2D eigenvalue weighted by Gasteiger charge is -2.34. The third-order valence-corrected chi connectivity index (χ3v) is 3.62. The van der Waals surface area contributed by atoms with E-state index in [0.717, 1.165) is 19.6 Å². The van der Waals surface area contributed by atoms with E-state index in [0.29, 0.717) is 19.0 Å². The van der Waals surface area contributed by atoms with Gasteiger partial charge in [0.2, 0.25) is 0 Å². The van der Waals surface area contributed by atoms with Gasteiger partial charge in [0, 0.05) is 32.6 Å². The summed E-state index contributed by atoms with van der Waals surface area (Å²) in [5.74, 6) is 0.702. The van der Waals surface area contributed by atoms with E-state index >= 15 is 0 Å². The molecule has 0 spiro atoms. The third-order valence-electron chi connectivity index (χ3n) is 3.62. The maximum absolute atomic E-state index is 10.9. The van der Waals surface area contributed by atoms with Gasteiger partial charge in [-0.3, -0.25) is 4.90 Å². The smallest absolute Gasteiger partial charge is 0.342 e. The molecule has 1 fully saturated rings. The average molecular weight is 283 g/mol. The van der Waals surface area contributed by atoms with Gasteiger partial charge < -0.3 is 20.6 Å². The van der Waals surface area contributed by atoms with Crippen molar-refractivity contribution in [2.75, 3.05) is 26.2 Å². The Kier molecular flexibility index (Phi) is 4.69. The molecule has 1 saturated heterocycles. The molecule has 2 N–H and O–H groups in total. The Labute approximate surface area is 117 Å². The Morgan fingerprint density at radius 1 is 1.65 bits per heavy atom. The van der Waals surface area contributed by atoms with E-state index in [1.54, 1.807) is 11.5 Å². The predicted octanol–water partition coefficient (Wildman–Crippen LogP) is 0.148. The normalized spacial score (nSPS) is 21.9. The lowest BCUT2D eigenvalue weighted by molar-refractivity contribution is -0.392. The molecule has 2 unspecified atom stereocenters. The van der Waals surface area contributed by atoms with Crippen molar-refractivity contribution in [1.82, 2.24) is 14.5 Å². The molecule has 2 atom stereocenters. The molecule has 0 radical (unpaired) electrons. The Morgan fingerprint density at radius 2 is 2.40 bits per heavy atom. The van der Waals surface area contributed by atoms with Crippen LogP contribution in [0.2, 0.25) is 0 Å². The molecular formula is C12H21N5O3. The van der Waals surface area contributed by atoms with Crippen LogP contribution < -0.4 is 5.73 Å². The van der Waals surface area contributed by atoms with E-state index < -0.39 is 4.92 Å². The van der Waals surface area contributed by atoms with Crippen LogP contribution in [0, 0.1) is 17.0 Å². The lowest BCUT2D eigenvalue weighted by atomic mass is 10.1. The van der Waals surface area contributed by atoms with Crippen LogP contribution in [0.3, 0.4) is 0 Å². The number of nitro groups is 1. The van der Waals surface area contributed by atoms with Gasteiger partial charge in [-0.1, -0.05) is 0 Å². The zero-order chi connectivity index (χ0) is 14.7. The van der Waals surface area contributed by atoms with E-state index in [4.69, 9.17) is 10.5 Å². The molecule has 112 valence electrons. The standard InChI is InChI=1S/C12H21N5O3/c1-9(13)11-8-15(5-6-20-11)3-4-16-10(2)14-7-12(16)17(18)19/h7,9,11H,3-6,8,13H2,1-2H3. The molecule has 1 aliphatic heterocycles. The fourth-order valence-electron chi connectivity index (χ4n) is 2.37. The van der Waals surface area contributed by atoms with E-state index in [2.05, 4.69) is 9.88 Å². The minimum atomic E-state index is -0.399. The van der Waals surface area contributed by atoms with Gasteiger partial charge in [-0.25, -0.2) is 9.55 Å². The second kappa shape index (κ2) is 6.29. The minimum absolute atomic E-state index is 0.0119. The van der Waals surface area contributed by atoms with Crippen molar-refractivity contribution in [3.05, 3.63) is 22.1 Å². The minimum Gasteiger partial charge on any atom is -0.374 e. The first kappa shape index (κ1) is 14.9. The fraction of sp³-hybridized carbons (Fsp3) is 0.750. The largest absolute Gasteiger partial charge is 0.374 e. The maximum atomic E-state index is 10.9. The number of imidazole rings is 1. The molecule has 20 heavy (non-hydrogen) atoms. The van der Waals surface area contributed by atoms with Crippen molar-refractivity contribution >= 4 is 5.82 Å². The predicted molar refractivity (Wildman–Crippen MR) is 73.4 cm³/mol. The topological polar surface area (TPSA) is 99.5 Å². The van der Waals surface area contributed by atoms with Gasteiger partial charge >= 0.3 is 5.82 Å². The Morgan fingerprint density at radius 3 is 3.05 bits per heavy atom. The summed E-state index contributed by atoms with van der Waals surface area (Å²) in [6.45, 7) is 7.22. The van der Waals surface area contributed by atoms with Gasteiger partial charge in [-0.2, -0.15) is 0 Å². The SMILES string of the molecule is Cc1ncc([N+](=O)[O-])n1CCN1CCOC(C(C)N)C1. The van der Waals surface area contributed by atoms with Gasteiger partial charge in [0.15, 0.2) is 5.82 Å². The van der Waals surface area contributed by atoms with Crippen molar-refractivity contribution in [1.29, 1.82) is 0 Å². The Balaban J connectivity index is 1.95. The number of ether oxygens (including phenoxy) is 1. The van der Waals surface area contributed by atoms with Crippen molar-refractivity contribution in [2.24, 2.45) is 5.73 Å². The van der Waals surface area contributed by atoms with Gasteiger partial charge in [0.1, 0.15) is 12.7 Å². The molecule has 1 aromatic heterocycles. The quantitative estimate of drug-likeness (QED) is 0.610. The van der Waals surface area contributed by atoms with E-state index in [1.807, 2.05) is 6.92 Å². The molecular weight excluding hydrogens is 262 g/mol. The summed E-state index contributed by atoms with van der Waals surface area (Å²) >= 11 is 0. The van der Waals surface area contributed by atoms with Gasteiger partial charge in [-0.15, -0.1) is 0 Å². The highest BCUT2D eigenvalue weighted by atomic mass is 16.6. The second-order valence-electron chi connectivity index (χ2n) is 5.14. The van der Waals surface area contributed by atoms with E-state index in [-0.39, 0.29) is 18.0 Å². The summed E-state index contributed by atoms with van der Waals surface area (Å²) < 4.78 is 7.23. The summed E-state index contributed by atoms with van der Waals surface area (Å²) in [6, 6.07) is -0.0119. The molecule has 8 heteroatoms. The zero-order valence-electron chi connectivity index (χ0n) is 11.9. The molecule has 2 heterocycles. The van der Waals surface area contributed by atoms with Crippen LogP contribution in [-0.2, 0) is 11.3 Å². The van der Waals surface area contributed by atoms with Gasteiger partial charge in [0.05, 0.1) is 12.7 Å². The summed E-state index contributed by atoms with van der Waals surface area (Å²) in [6.07, 6.45) is 1.34. The molecule has 0 saturated carbocycles. The van der Waals surface area contributed by atoms with Crippen LogP contribution in [-0.4, -0.2) is 57.8 Å². The highest BCUT2D eigenvalue weighted by Gasteiger charge is 2.24. The molecule has 1 aliphatic rings. The van der Waals surface area contributed by atoms with Crippen molar-refractivity contribution in [3.63, 3.8) is 0 Å². The number of aryl methyl sites for hydroxylation is 1. The van der Waals surface area contributed by atoms with Crippen LogP contribution in [0.5, 0.6) is 0 Å². The summed E-state index contributed by atoms with van der Waals surface area (Å²) in [7, 11) is 0. The second-order valence-corrected chi connectivity index (χ2v) is 5.14. The van der Waals surface area contributed by atoms with Crippen LogP contribution in [0.25, 0.3) is 0 Å². The number of nitrogens with two attached hydrogens (primary N) is 1. The molecule has 1 aromatic rings. The number of nitrogens with zero attached hydrogens (tertiary/aromatic N) is 4. The number of rotatable bonds is 5. The molecule has 0 aliphatic carbocycles. The van der Waals surface area contributed by atoms with E-state index in [9.17, 15) is 10.1 Å². The summed E-state index contributed by atoms with van der Waals surface area (Å²) in [5, 5.41) is 10.9. The number of aromatic nitrogens is 2. The monoisotopic (exact) mass is 283 g/mol. The van der Waals surface area contributed by atoms with Crippen LogP contribution >= 0.6 is 0 Å². The third kappa shape index (κ3) is 3.33. The Bertz CT molecular complexity index is 474. The van der Waals surface area contributed by atoms with Crippen LogP contribution in [0.1, 0.15) is 12.7 Å². The highest BCUT2D eigenvalue weighted by Crippen LogP contribution is 2.14. The molecule has 0 aromatic carbocycles. The van der Waals surface area contributed by atoms with Crippen LogP contribution in [0.4, 0.5) is 5.82 Å². The summed E-state index contributed by atoms with van der Waals surface area (Å²) in [4.78, 5) is 16.7. The fourth-order valence-corrected chi connectivity index (χ4v) is 2.37. The summed E-state index contributed by atoms with van der Waals surface area (Å²) in [5.41, 5.74) is 5.85.